The molecule has 0 spiro atoms. The Hall–Kier alpha value is -3.23. The van der Waals surface area contributed by atoms with Gasteiger partial charge in [-0.25, -0.2) is 4.98 Å². The topological polar surface area (TPSA) is 89.5 Å². The van der Waals surface area contributed by atoms with Gasteiger partial charge in [-0.1, -0.05) is 53.3 Å². The number of rotatable bonds is 5. The third-order valence-corrected chi connectivity index (χ3v) is 6.04. The number of thiazole rings is 1. The van der Waals surface area contributed by atoms with Crippen LogP contribution in [0.5, 0.6) is 0 Å². The Balaban J connectivity index is 1.58. The van der Waals surface area contributed by atoms with Crippen LogP contribution in [0.2, 0.25) is 5.02 Å². The number of hydrogen-bond donors (Lipinski definition) is 1. The predicted molar refractivity (Wildman–Crippen MR) is 113 cm³/mol. The SMILES string of the molecule is Cc1c(C(=O)NCc2ccccc2Cl)sc2nc(-c3cccc([N+](=O)[O-])c3)cn12. The molecule has 0 saturated heterocycles. The predicted octanol–water partition coefficient (Wildman–Crippen LogP) is 4.86. The second kappa shape index (κ2) is 7.65. The van der Waals surface area contributed by atoms with Crippen LogP contribution in [0.3, 0.4) is 0 Å². The molecule has 4 rings (SSSR count). The normalized spacial score (nSPS) is 11.0. The molecule has 1 amide bonds. The van der Waals surface area contributed by atoms with Crippen LogP contribution < -0.4 is 5.32 Å². The molecule has 0 saturated carbocycles. The maximum Gasteiger partial charge on any atom is 0.270 e. The lowest BCUT2D eigenvalue weighted by molar-refractivity contribution is -0.384. The van der Waals surface area contributed by atoms with Gasteiger partial charge in [0.05, 0.1) is 10.6 Å². The summed E-state index contributed by atoms with van der Waals surface area (Å²) >= 11 is 7.40. The number of nitrogens with one attached hydrogen (secondary N) is 1. The molecule has 9 heteroatoms. The van der Waals surface area contributed by atoms with Crippen LogP contribution >= 0.6 is 22.9 Å². The zero-order valence-electron chi connectivity index (χ0n) is 15.3. The average Bonchev–Trinajstić information content (AvgIpc) is 3.27. The maximum absolute atomic E-state index is 12.6. The Labute approximate surface area is 174 Å². The zero-order valence-corrected chi connectivity index (χ0v) is 16.8. The molecule has 146 valence electrons. The first-order valence-corrected chi connectivity index (χ1v) is 9.88. The van der Waals surface area contributed by atoms with Crippen molar-refractivity contribution in [1.82, 2.24) is 14.7 Å². The number of nitro groups is 1. The first-order chi connectivity index (χ1) is 13.9. The molecule has 0 aliphatic carbocycles. The lowest BCUT2D eigenvalue weighted by Gasteiger charge is -2.06. The molecule has 0 fully saturated rings. The van der Waals surface area contributed by atoms with Crippen LogP contribution in [0.15, 0.2) is 54.7 Å². The molecule has 1 N–H and O–H groups in total. The number of hydrogen-bond acceptors (Lipinski definition) is 5. The van der Waals surface area contributed by atoms with Gasteiger partial charge >= 0.3 is 0 Å². The van der Waals surface area contributed by atoms with E-state index in [2.05, 4.69) is 10.3 Å². The number of carbonyl (C=O) groups is 1. The second-order valence-corrected chi connectivity index (χ2v) is 7.76. The van der Waals surface area contributed by atoms with Crippen molar-refractivity contribution in [3.63, 3.8) is 0 Å². The molecule has 0 atom stereocenters. The number of nitrogens with zero attached hydrogens (tertiary/aromatic N) is 3. The fourth-order valence-corrected chi connectivity index (χ4v) is 4.20. The summed E-state index contributed by atoms with van der Waals surface area (Å²) in [7, 11) is 0. The summed E-state index contributed by atoms with van der Waals surface area (Å²) in [6.45, 7) is 2.17. The van der Waals surface area contributed by atoms with Crippen LogP contribution in [-0.2, 0) is 6.54 Å². The number of amides is 1. The fraction of sp³-hybridized carbons (Fsp3) is 0.100. The number of nitro benzene ring substituents is 1. The lowest BCUT2D eigenvalue weighted by Crippen LogP contribution is -2.22. The highest BCUT2D eigenvalue weighted by molar-refractivity contribution is 7.19. The monoisotopic (exact) mass is 426 g/mol. The molecular weight excluding hydrogens is 412 g/mol. The van der Waals surface area contributed by atoms with Gasteiger partial charge in [0, 0.05) is 41.2 Å². The third-order valence-electron chi connectivity index (χ3n) is 4.51. The van der Waals surface area contributed by atoms with Gasteiger partial charge in [-0.2, -0.15) is 0 Å². The van der Waals surface area contributed by atoms with Crippen molar-refractivity contribution in [2.45, 2.75) is 13.5 Å². The van der Waals surface area contributed by atoms with Crippen LogP contribution in [-0.4, -0.2) is 20.2 Å². The Morgan fingerprint density at radius 1 is 1.28 bits per heavy atom. The van der Waals surface area contributed by atoms with Crippen molar-refractivity contribution >= 4 is 39.5 Å². The highest BCUT2D eigenvalue weighted by atomic mass is 35.5. The molecule has 29 heavy (non-hydrogen) atoms. The summed E-state index contributed by atoms with van der Waals surface area (Å²) in [5, 5.41) is 14.5. The summed E-state index contributed by atoms with van der Waals surface area (Å²) in [4.78, 5) is 28.9. The van der Waals surface area contributed by atoms with Crippen molar-refractivity contribution in [1.29, 1.82) is 0 Å². The molecule has 2 heterocycles. The third kappa shape index (κ3) is 3.72. The molecule has 4 aromatic rings. The number of halogens is 1. The lowest BCUT2D eigenvalue weighted by atomic mass is 10.1. The van der Waals surface area contributed by atoms with Gasteiger partial charge in [-0.15, -0.1) is 0 Å². The van der Waals surface area contributed by atoms with E-state index in [-0.39, 0.29) is 11.6 Å². The van der Waals surface area contributed by atoms with E-state index in [1.807, 2.05) is 29.5 Å². The van der Waals surface area contributed by atoms with E-state index in [1.54, 1.807) is 24.4 Å². The van der Waals surface area contributed by atoms with Crippen molar-refractivity contribution < 1.29 is 9.72 Å². The van der Waals surface area contributed by atoms with Crippen LogP contribution in [0.1, 0.15) is 20.9 Å². The van der Waals surface area contributed by atoms with Gasteiger partial charge in [0.15, 0.2) is 4.96 Å². The smallest absolute Gasteiger partial charge is 0.270 e. The number of benzene rings is 2. The number of non-ortho nitro benzene ring substituents is 1. The molecule has 2 aromatic heterocycles. The van der Waals surface area contributed by atoms with E-state index in [9.17, 15) is 14.9 Å². The minimum absolute atomic E-state index is 0.00946. The molecule has 0 bridgehead atoms. The largest absolute Gasteiger partial charge is 0.347 e. The molecule has 0 unspecified atom stereocenters. The first-order valence-electron chi connectivity index (χ1n) is 8.69. The van der Waals surface area contributed by atoms with E-state index in [0.29, 0.717) is 32.7 Å². The van der Waals surface area contributed by atoms with Gasteiger partial charge in [0.1, 0.15) is 4.88 Å². The minimum atomic E-state index is -0.436. The fourth-order valence-electron chi connectivity index (χ4n) is 2.98. The Kier molecular flexibility index (Phi) is 5.04. The molecule has 0 aliphatic heterocycles. The minimum Gasteiger partial charge on any atom is -0.347 e. The van der Waals surface area contributed by atoms with Crippen molar-refractivity contribution in [3.8, 4) is 11.3 Å². The molecular formula is C20H15ClN4O3S. The Bertz CT molecular complexity index is 1250. The summed E-state index contributed by atoms with van der Waals surface area (Å²) in [5.41, 5.74) is 2.88. The summed E-state index contributed by atoms with van der Waals surface area (Å²) in [6, 6.07) is 13.7. The zero-order chi connectivity index (χ0) is 20.5. The standard InChI is InChI=1S/C20H15ClN4O3S/c1-12-18(19(26)22-10-14-5-2-3-8-16(14)21)29-20-23-17(11-24(12)20)13-6-4-7-15(9-13)25(27)28/h2-9,11H,10H2,1H3,(H,22,26). The Morgan fingerprint density at radius 2 is 2.07 bits per heavy atom. The highest BCUT2D eigenvalue weighted by Crippen LogP contribution is 2.29. The van der Waals surface area contributed by atoms with Gasteiger partial charge in [0.2, 0.25) is 0 Å². The second-order valence-electron chi connectivity index (χ2n) is 6.38. The molecule has 2 aromatic carbocycles. The van der Waals surface area contributed by atoms with E-state index < -0.39 is 4.92 Å². The van der Waals surface area contributed by atoms with Gasteiger partial charge in [-0.3, -0.25) is 19.3 Å². The van der Waals surface area contributed by atoms with E-state index in [0.717, 1.165) is 11.3 Å². The molecule has 0 radical (unpaired) electrons. The summed E-state index contributed by atoms with van der Waals surface area (Å²) in [5.74, 6) is -0.199. The van der Waals surface area contributed by atoms with Crippen molar-refractivity contribution in [2.75, 3.05) is 0 Å². The number of aromatic nitrogens is 2. The van der Waals surface area contributed by atoms with Gasteiger partial charge in [0.25, 0.3) is 11.6 Å². The first kappa shape index (κ1) is 19.1. The van der Waals surface area contributed by atoms with E-state index >= 15 is 0 Å². The Morgan fingerprint density at radius 3 is 2.79 bits per heavy atom. The van der Waals surface area contributed by atoms with E-state index in [1.165, 1.54) is 23.5 Å². The maximum atomic E-state index is 12.6. The summed E-state index contributed by atoms with van der Waals surface area (Å²) < 4.78 is 1.82. The van der Waals surface area contributed by atoms with Gasteiger partial charge in [-0.05, 0) is 18.6 Å². The van der Waals surface area contributed by atoms with Crippen LogP contribution in [0, 0.1) is 17.0 Å². The van der Waals surface area contributed by atoms with Gasteiger partial charge < -0.3 is 5.32 Å². The molecule has 0 aliphatic rings. The quantitative estimate of drug-likeness (QED) is 0.364. The van der Waals surface area contributed by atoms with Crippen LogP contribution in [0.4, 0.5) is 5.69 Å². The number of fused-ring (bicyclic) bond motifs is 1. The average molecular weight is 427 g/mol. The van der Waals surface area contributed by atoms with Crippen LogP contribution in [0.25, 0.3) is 16.2 Å². The highest BCUT2D eigenvalue weighted by Gasteiger charge is 2.19. The van der Waals surface area contributed by atoms with Crippen molar-refractivity contribution in [3.05, 3.63) is 86.0 Å². The van der Waals surface area contributed by atoms with E-state index in [4.69, 9.17) is 11.6 Å². The molecule has 7 nitrogen and oxygen atoms in total. The number of carbonyl (C=O) groups excluding carboxylic acids is 1. The number of aryl methyl sites for hydroxylation is 1. The number of imidazole rings is 1. The summed E-state index contributed by atoms with van der Waals surface area (Å²) in [6.07, 6.45) is 1.78. The van der Waals surface area contributed by atoms with Crippen molar-refractivity contribution in [2.24, 2.45) is 0 Å².